The average molecular weight is 377 g/mol. The molecule has 0 fully saturated rings. The molecule has 0 saturated heterocycles. The van der Waals surface area contributed by atoms with Crippen molar-refractivity contribution in [1.29, 1.82) is 0 Å². The standard InChI is InChI=1S/C16H13ClN4O5/c17-9-3-6-11-12(7-9)19-16(23)14(18-11)13(20-24)15(22)8-1-4-10(5-2-8)21(25)26/h1-7,15,21-22,24-25H,(H,19,23)/b20-13-. The summed E-state index contributed by atoms with van der Waals surface area (Å²) >= 11 is 5.87. The fourth-order valence-electron chi connectivity index (χ4n) is 2.43. The van der Waals surface area contributed by atoms with Crippen molar-refractivity contribution in [3.63, 3.8) is 0 Å². The predicted molar refractivity (Wildman–Crippen MR) is 92.9 cm³/mol. The predicted octanol–water partition coefficient (Wildman–Crippen LogP) is 0.892. The number of rotatable bonds is 4. The number of halogens is 1. The van der Waals surface area contributed by atoms with E-state index in [0.29, 0.717) is 16.1 Å². The van der Waals surface area contributed by atoms with E-state index in [1.165, 1.54) is 30.3 Å². The van der Waals surface area contributed by atoms with Gasteiger partial charge in [0.05, 0.1) is 11.0 Å². The Kier molecular flexibility index (Phi) is 4.98. The lowest BCUT2D eigenvalue weighted by atomic mass is 10.0. The minimum absolute atomic E-state index is 0.0296. The zero-order valence-electron chi connectivity index (χ0n) is 13.0. The summed E-state index contributed by atoms with van der Waals surface area (Å²) in [6.45, 7) is 0. The largest absolute Gasteiger partial charge is 0.595 e. The molecule has 2 unspecified atom stereocenters. The normalized spacial score (nSPS) is 14.4. The molecular formula is C16H13ClN4O5. The van der Waals surface area contributed by atoms with Crippen LogP contribution in [0.4, 0.5) is 5.69 Å². The lowest BCUT2D eigenvalue weighted by molar-refractivity contribution is -0.991. The van der Waals surface area contributed by atoms with Crippen LogP contribution in [0, 0.1) is 5.21 Å². The molecular weight excluding hydrogens is 364 g/mol. The van der Waals surface area contributed by atoms with E-state index in [-0.39, 0.29) is 22.7 Å². The summed E-state index contributed by atoms with van der Waals surface area (Å²) in [6, 6.07) is 9.95. The summed E-state index contributed by atoms with van der Waals surface area (Å²) in [5.74, 6) is 0. The third kappa shape index (κ3) is 3.43. The second-order valence-corrected chi connectivity index (χ2v) is 5.83. The summed E-state index contributed by atoms with van der Waals surface area (Å²) in [6.07, 6.45) is -1.49. The molecule has 26 heavy (non-hydrogen) atoms. The monoisotopic (exact) mass is 376 g/mol. The minimum atomic E-state index is -1.49. The molecule has 5 N–H and O–H groups in total. The maximum atomic E-state index is 12.3. The van der Waals surface area contributed by atoms with Gasteiger partial charge in [-0.3, -0.25) is 4.79 Å². The molecule has 0 aliphatic carbocycles. The Hall–Kier alpha value is -2.82. The molecule has 1 aromatic heterocycles. The zero-order valence-corrected chi connectivity index (χ0v) is 13.8. The van der Waals surface area contributed by atoms with Gasteiger partial charge in [0.25, 0.3) is 5.56 Å². The molecule has 10 heteroatoms. The van der Waals surface area contributed by atoms with Gasteiger partial charge < -0.3 is 20.5 Å². The minimum Gasteiger partial charge on any atom is -0.595 e. The van der Waals surface area contributed by atoms with Gasteiger partial charge in [0, 0.05) is 17.2 Å². The molecule has 0 spiro atoms. The molecule has 0 bridgehead atoms. The van der Waals surface area contributed by atoms with Gasteiger partial charge in [0.15, 0.2) is 11.4 Å². The van der Waals surface area contributed by atoms with Gasteiger partial charge in [-0.15, -0.1) is 0 Å². The number of nitrogens with zero attached hydrogens (tertiary/aromatic N) is 2. The molecule has 0 amide bonds. The molecule has 0 saturated carbocycles. The van der Waals surface area contributed by atoms with Crippen molar-refractivity contribution in [3.8, 4) is 0 Å². The number of oxime groups is 1. The number of aliphatic hydroxyl groups excluding tert-OH is 1. The topological polar surface area (TPSA) is 146 Å². The number of fused-ring (bicyclic) bond motifs is 1. The number of aliphatic hydroxyl groups is 1. The first-order valence-corrected chi connectivity index (χ1v) is 7.71. The molecule has 0 aliphatic heterocycles. The summed E-state index contributed by atoms with van der Waals surface area (Å²) in [7, 11) is 0. The van der Waals surface area contributed by atoms with Crippen molar-refractivity contribution in [3.05, 3.63) is 74.3 Å². The summed E-state index contributed by atoms with van der Waals surface area (Å²) in [4.78, 5) is 19.0. The van der Waals surface area contributed by atoms with Crippen LogP contribution in [0.15, 0.2) is 52.4 Å². The Labute approximate surface area is 150 Å². The van der Waals surface area contributed by atoms with Gasteiger partial charge in [0.2, 0.25) is 0 Å². The highest BCUT2D eigenvalue weighted by atomic mass is 35.5. The van der Waals surface area contributed by atoms with Crippen LogP contribution >= 0.6 is 11.6 Å². The highest BCUT2D eigenvalue weighted by Gasteiger charge is 2.23. The molecule has 1 heterocycles. The van der Waals surface area contributed by atoms with E-state index in [9.17, 15) is 20.3 Å². The van der Waals surface area contributed by atoms with Crippen molar-refractivity contribution in [2.24, 2.45) is 5.16 Å². The zero-order chi connectivity index (χ0) is 18.8. The summed E-state index contributed by atoms with van der Waals surface area (Å²) in [5, 5.41) is 41.9. The Balaban J connectivity index is 2.03. The first kappa shape index (κ1) is 18.0. The van der Waals surface area contributed by atoms with Crippen molar-refractivity contribution in [1.82, 2.24) is 9.97 Å². The van der Waals surface area contributed by atoms with E-state index >= 15 is 0 Å². The molecule has 3 rings (SSSR count). The maximum absolute atomic E-state index is 12.3. The molecule has 9 nitrogen and oxygen atoms in total. The summed E-state index contributed by atoms with van der Waals surface area (Å²) in [5.41, 5.74) is -0.262. The molecule has 2 atom stereocenters. The van der Waals surface area contributed by atoms with Crippen LogP contribution in [0.5, 0.6) is 0 Å². The fourth-order valence-corrected chi connectivity index (χ4v) is 2.60. The molecule has 0 aliphatic rings. The second kappa shape index (κ2) is 7.20. The number of aromatic amines is 1. The second-order valence-electron chi connectivity index (χ2n) is 5.39. The van der Waals surface area contributed by atoms with E-state index < -0.39 is 16.9 Å². The smallest absolute Gasteiger partial charge is 0.276 e. The molecule has 0 radical (unpaired) electrons. The third-order valence-corrected chi connectivity index (χ3v) is 3.97. The number of hydrogen-bond donors (Lipinski definition) is 5. The molecule has 134 valence electrons. The van der Waals surface area contributed by atoms with Gasteiger partial charge in [-0.1, -0.05) is 16.8 Å². The van der Waals surface area contributed by atoms with Gasteiger partial charge >= 0.3 is 0 Å². The van der Waals surface area contributed by atoms with Gasteiger partial charge in [0.1, 0.15) is 11.8 Å². The van der Waals surface area contributed by atoms with E-state index in [1.54, 1.807) is 12.1 Å². The number of H-pyrrole nitrogens is 1. The Morgan fingerprint density at radius 3 is 2.58 bits per heavy atom. The average Bonchev–Trinajstić information content (AvgIpc) is 2.62. The number of aromatic nitrogens is 2. The van der Waals surface area contributed by atoms with Gasteiger partial charge in [-0.2, -0.15) is 5.23 Å². The van der Waals surface area contributed by atoms with Gasteiger partial charge in [-0.25, -0.2) is 10.2 Å². The van der Waals surface area contributed by atoms with E-state index in [1.807, 2.05) is 0 Å². The van der Waals surface area contributed by atoms with Gasteiger partial charge in [-0.05, 0) is 35.9 Å². The highest BCUT2D eigenvalue weighted by molar-refractivity contribution is 6.31. The third-order valence-electron chi connectivity index (χ3n) is 3.74. The molecule has 3 aromatic rings. The van der Waals surface area contributed by atoms with E-state index in [2.05, 4.69) is 15.1 Å². The number of benzene rings is 2. The lowest BCUT2D eigenvalue weighted by Gasteiger charge is -2.15. The quantitative estimate of drug-likeness (QED) is 0.259. The van der Waals surface area contributed by atoms with Crippen LogP contribution in [0.2, 0.25) is 5.02 Å². The van der Waals surface area contributed by atoms with Crippen LogP contribution in [-0.4, -0.2) is 31.2 Å². The first-order chi connectivity index (χ1) is 12.4. The fraction of sp³-hybridized carbons (Fsp3) is 0.0625. The van der Waals surface area contributed by atoms with Crippen LogP contribution in [0.1, 0.15) is 17.4 Å². The van der Waals surface area contributed by atoms with Crippen LogP contribution in [-0.2, 0) is 0 Å². The van der Waals surface area contributed by atoms with Crippen molar-refractivity contribution < 1.29 is 20.7 Å². The van der Waals surface area contributed by atoms with Crippen molar-refractivity contribution >= 4 is 34.0 Å². The van der Waals surface area contributed by atoms with Crippen molar-refractivity contribution in [2.75, 3.05) is 0 Å². The number of quaternary nitrogens is 1. The SMILES string of the molecule is O=c1[nH]c2cc(Cl)ccc2nc1/C(=N/O)C(O)c1ccc([NH+]([O-])O)cc1. The maximum Gasteiger partial charge on any atom is 0.276 e. The first-order valence-electron chi connectivity index (χ1n) is 7.34. The number of nitrogens with one attached hydrogen (secondary N) is 2. The number of hydrogen-bond acceptors (Lipinski definition) is 7. The molecule has 2 aromatic carbocycles. The Morgan fingerprint density at radius 2 is 1.96 bits per heavy atom. The van der Waals surface area contributed by atoms with E-state index in [4.69, 9.17) is 16.8 Å². The lowest BCUT2D eigenvalue weighted by Crippen LogP contribution is -2.99. The van der Waals surface area contributed by atoms with Crippen molar-refractivity contribution in [2.45, 2.75) is 6.10 Å². The summed E-state index contributed by atoms with van der Waals surface area (Å²) < 4.78 is 0. The Bertz CT molecular complexity index is 1030. The Morgan fingerprint density at radius 1 is 1.27 bits per heavy atom. The highest BCUT2D eigenvalue weighted by Crippen LogP contribution is 2.20. The van der Waals surface area contributed by atoms with Crippen LogP contribution in [0.25, 0.3) is 11.0 Å². The van der Waals surface area contributed by atoms with E-state index in [0.717, 1.165) is 0 Å². The van der Waals surface area contributed by atoms with Crippen LogP contribution < -0.4 is 10.8 Å². The van der Waals surface area contributed by atoms with Crippen LogP contribution in [0.3, 0.4) is 0 Å².